The Hall–Kier alpha value is -2.88. The Morgan fingerprint density at radius 1 is 1.12 bits per heavy atom. The number of ether oxygens (including phenoxy) is 1. The number of methoxy groups -OCH3 is 1. The van der Waals surface area contributed by atoms with Gasteiger partial charge < -0.3 is 25.2 Å². The number of nitrogens with one attached hydrogen (secondary N) is 2. The summed E-state index contributed by atoms with van der Waals surface area (Å²) >= 11 is 9.59. The molecule has 0 bridgehead atoms. The average molecular weight is 532 g/mol. The summed E-state index contributed by atoms with van der Waals surface area (Å²) in [6.07, 6.45) is 1.53. The fraction of sp³-hybridized carbons (Fsp3) is 0.261. The predicted molar refractivity (Wildman–Crippen MR) is 135 cm³/mol. The van der Waals surface area contributed by atoms with Gasteiger partial charge in [-0.05, 0) is 59.4 Å². The number of likely N-dealkylation sites (N-methyl/N-ethyl adjacent to an activating group) is 1. The molecule has 8 nitrogen and oxygen atoms in total. The Bertz CT molecular complexity index is 1140. The number of amides is 1. The van der Waals surface area contributed by atoms with Crippen molar-refractivity contribution in [2.75, 3.05) is 55.9 Å². The molecule has 2 N–H and O–H groups in total. The molecule has 0 saturated carbocycles. The van der Waals surface area contributed by atoms with Gasteiger partial charge in [-0.25, -0.2) is 9.97 Å². The minimum atomic E-state index is -0.441. The molecule has 1 amide bonds. The number of carbonyl (C=O) groups is 1. The number of para-hydroxylation sites is 1. The van der Waals surface area contributed by atoms with Gasteiger partial charge in [-0.1, -0.05) is 17.7 Å². The van der Waals surface area contributed by atoms with Crippen LogP contribution in [0.15, 0.2) is 53.1 Å². The number of halogens is 2. The van der Waals surface area contributed by atoms with Crippen LogP contribution in [0.1, 0.15) is 10.5 Å². The Morgan fingerprint density at radius 2 is 1.85 bits per heavy atom. The van der Waals surface area contributed by atoms with Crippen LogP contribution in [-0.4, -0.2) is 61.1 Å². The molecule has 0 aliphatic carbocycles. The van der Waals surface area contributed by atoms with E-state index in [-0.39, 0.29) is 5.69 Å². The third-order valence-electron chi connectivity index (χ3n) is 5.38. The van der Waals surface area contributed by atoms with Gasteiger partial charge in [0.05, 0.1) is 16.6 Å². The van der Waals surface area contributed by atoms with Gasteiger partial charge in [-0.2, -0.15) is 0 Å². The lowest BCUT2D eigenvalue weighted by Gasteiger charge is -2.34. The quantitative estimate of drug-likeness (QED) is 0.479. The maximum atomic E-state index is 12.9. The number of anilines is 4. The van der Waals surface area contributed by atoms with E-state index in [9.17, 15) is 4.79 Å². The van der Waals surface area contributed by atoms with Crippen LogP contribution in [0.3, 0.4) is 0 Å². The van der Waals surface area contributed by atoms with Crippen molar-refractivity contribution >= 4 is 56.4 Å². The lowest BCUT2D eigenvalue weighted by atomic mass is 10.2. The van der Waals surface area contributed by atoms with Crippen LogP contribution in [0.4, 0.5) is 23.0 Å². The molecule has 1 saturated heterocycles. The molecule has 2 heterocycles. The third-order valence-corrected chi connectivity index (χ3v) is 6.28. The van der Waals surface area contributed by atoms with Crippen molar-refractivity contribution in [1.29, 1.82) is 0 Å². The van der Waals surface area contributed by atoms with Crippen molar-refractivity contribution in [3.05, 3.63) is 63.9 Å². The van der Waals surface area contributed by atoms with Crippen LogP contribution < -0.4 is 20.3 Å². The van der Waals surface area contributed by atoms with Crippen molar-refractivity contribution in [3.8, 4) is 5.75 Å². The van der Waals surface area contributed by atoms with Gasteiger partial charge in [0.15, 0.2) is 0 Å². The van der Waals surface area contributed by atoms with Crippen molar-refractivity contribution in [1.82, 2.24) is 14.9 Å². The first-order chi connectivity index (χ1) is 15.9. The predicted octanol–water partition coefficient (Wildman–Crippen LogP) is 4.65. The van der Waals surface area contributed by atoms with E-state index in [2.05, 4.69) is 65.5 Å². The second kappa shape index (κ2) is 10.4. The molecule has 1 fully saturated rings. The van der Waals surface area contributed by atoms with E-state index in [1.54, 1.807) is 18.2 Å². The van der Waals surface area contributed by atoms with Crippen LogP contribution in [0, 0.1) is 0 Å². The fourth-order valence-corrected chi connectivity index (χ4v) is 4.09. The van der Waals surface area contributed by atoms with Crippen LogP contribution in [0.2, 0.25) is 5.02 Å². The highest BCUT2D eigenvalue weighted by molar-refractivity contribution is 9.10. The van der Waals surface area contributed by atoms with Gasteiger partial charge in [0.2, 0.25) is 5.95 Å². The minimum absolute atomic E-state index is 0.170. The van der Waals surface area contributed by atoms with E-state index < -0.39 is 5.91 Å². The van der Waals surface area contributed by atoms with Crippen molar-refractivity contribution in [3.63, 3.8) is 0 Å². The number of benzene rings is 2. The number of rotatable bonds is 6. The van der Waals surface area contributed by atoms with E-state index in [4.69, 9.17) is 16.3 Å². The van der Waals surface area contributed by atoms with E-state index in [1.807, 2.05) is 12.1 Å². The van der Waals surface area contributed by atoms with Gasteiger partial charge in [-0.3, -0.25) is 4.79 Å². The van der Waals surface area contributed by atoms with Gasteiger partial charge >= 0.3 is 0 Å². The molecule has 172 valence electrons. The van der Waals surface area contributed by atoms with Crippen LogP contribution in [-0.2, 0) is 0 Å². The molecule has 0 radical (unpaired) electrons. The fourth-order valence-electron chi connectivity index (χ4n) is 3.50. The summed E-state index contributed by atoms with van der Waals surface area (Å²) in [7, 11) is 3.65. The number of nitrogens with zero attached hydrogens (tertiary/aromatic N) is 4. The Labute approximate surface area is 206 Å². The molecule has 33 heavy (non-hydrogen) atoms. The number of aromatic nitrogens is 2. The Balaban J connectivity index is 1.48. The maximum absolute atomic E-state index is 12.9. The Morgan fingerprint density at radius 3 is 2.55 bits per heavy atom. The van der Waals surface area contributed by atoms with Crippen LogP contribution >= 0.6 is 27.5 Å². The highest BCUT2D eigenvalue weighted by atomic mass is 79.9. The van der Waals surface area contributed by atoms with Gasteiger partial charge in [0.1, 0.15) is 17.1 Å². The molecule has 1 aromatic heterocycles. The summed E-state index contributed by atoms with van der Waals surface area (Å²) in [5.74, 6) is 0.325. The normalized spacial score (nSPS) is 14.1. The first-order valence-corrected chi connectivity index (χ1v) is 11.6. The first-order valence-electron chi connectivity index (χ1n) is 10.4. The molecular weight excluding hydrogens is 508 g/mol. The van der Waals surface area contributed by atoms with Gasteiger partial charge in [0, 0.05) is 43.8 Å². The highest BCUT2D eigenvalue weighted by Crippen LogP contribution is 2.32. The molecule has 1 aliphatic heterocycles. The molecule has 1 aliphatic rings. The van der Waals surface area contributed by atoms with E-state index in [0.29, 0.717) is 26.9 Å². The van der Waals surface area contributed by atoms with Crippen LogP contribution in [0.5, 0.6) is 5.75 Å². The summed E-state index contributed by atoms with van der Waals surface area (Å²) in [5.41, 5.74) is 2.56. The molecule has 0 unspecified atom stereocenters. The zero-order valence-electron chi connectivity index (χ0n) is 18.3. The molecule has 3 aromatic rings. The topological polar surface area (TPSA) is 82.6 Å². The molecule has 10 heteroatoms. The number of hydrogen-bond donors (Lipinski definition) is 2. The van der Waals surface area contributed by atoms with Gasteiger partial charge in [-0.15, -0.1) is 0 Å². The summed E-state index contributed by atoms with van der Waals surface area (Å²) in [4.78, 5) is 26.3. The lowest BCUT2D eigenvalue weighted by Crippen LogP contribution is -2.44. The smallest absolute Gasteiger partial charge is 0.275 e. The largest absolute Gasteiger partial charge is 0.495 e. The standard InChI is InChI=1S/C23H24BrClN6O2/c1-30-10-12-31(13-11-30)16-8-6-15(7-9-16)27-23-26-14-17(24)20(29-23)22(32)28-21-18(25)4-3-5-19(21)33-2/h3-9,14H,10-13H2,1-2H3,(H,28,32)(H,26,27,29). The van der Waals surface area contributed by atoms with Crippen molar-refractivity contribution in [2.45, 2.75) is 0 Å². The maximum Gasteiger partial charge on any atom is 0.275 e. The summed E-state index contributed by atoms with van der Waals surface area (Å²) in [6.45, 7) is 4.12. The number of piperazine rings is 1. The molecule has 2 aromatic carbocycles. The number of hydrogen-bond acceptors (Lipinski definition) is 7. The van der Waals surface area contributed by atoms with E-state index in [1.165, 1.54) is 19.0 Å². The molecular formula is C23H24BrClN6O2. The lowest BCUT2D eigenvalue weighted by molar-refractivity contribution is 0.102. The zero-order valence-corrected chi connectivity index (χ0v) is 20.7. The molecule has 0 spiro atoms. The minimum Gasteiger partial charge on any atom is -0.495 e. The van der Waals surface area contributed by atoms with Crippen molar-refractivity contribution in [2.24, 2.45) is 0 Å². The zero-order chi connectivity index (χ0) is 23.4. The molecule has 4 rings (SSSR count). The highest BCUT2D eigenvalue weighted by Gasteiger charge is 2.18. The number of carbonyl (C=O) groups excluding carboxylic acids is 1. The summed E-state index contributed by atoms with van der Waals surface area (Å²) < 4.78 is 5.75. The van der Waals surface area contributed by atoms with Gasteiger partial charge in [0.25, 0.3) is 5.91 Å². The second-order valence-corrected chi connectivity index (χ2v) is 8.89. The summed E-state index contributed by atoms with van der Waals surface area (Å²) in [6, 6.07) is 13.2. The molecule has 0 atom stereocenters. The van der Waals surface area contributed by atoms with Crippen LogP contribution in [0.25, 0.3) is 0 Å². The first kappa shape index (κ1) is 23.3. The van der Waals surface area contributed by atoms with E-state index >= 15 is 0 Å². The second-order valence-electron chi connectivity index (χ2n) is 7.62. The monoisotopic (exact) mass is 530 g/mol. The Kier molecular flexibility index (Phi) is 7.32. The van der Waals surface area contributed by atoms with Crippen molar-refractivity contribution < 1.29 is 9.53 Å². The average Bonchev–Trinajstić information content (AvgIpc) is 2.82. The van der Waals surface area contributed by atoms with E-state index in [0.717, 1.165) is 31.9 Å². The SMILES string of the molecule is COc1cccc(Cl)c1NC(=O)c1nc(Nc2ccc(N3CCN(C)CC3)cc2)ncc1Br. The third kappa shape index (κ3) is 5.55. The summed E-state index contributed by atoms with van der Waals surface area (Å²) in [5, 5.41) is 6.30.